The summed E-state index contributed by atoms with van der Waals surface area (Å²) in [4.78, 5) is 14.7. The van der Waals surface area contributed by atoms with Crippen LogP contribution < -0.4 is 10.1 Å². The van der Waals surface area contributed by atoms with Crippen LogP contribution in [0.1, 0.15) is 15.4 Å². The highest BCUT2D eigenvalue weighted by Crippen LogP contribution is 2.28. The van der Waals surface area contributed by atoms with Crippen molar-refractivity contribution in [3.63, 3.8) is 0 Å². The fraction of sp³-hybridized carbons (Fsp3) is 0.167. The van der Waals surface area contributed by atoms with E-state index in [4.69, 9.17) is 4.74 Å². The van der Waals surface area contributed by atoms with Gasteiger partial charge in [0.2, 0.25) is 5.13 Å². The number of nitrogens with zero attached hydrogens (tertiary/aromatic N) is 2. The summed E-state index contributed by atoms with van der Waals surface area (Å²) in [6.45, 7) is 0. The van der Waals surface area contributed by atoms with E-state index in [0.717, 1.165) is 9.90 Å². The molecule has 134 valence electrons. The first-order valence-electron chi connectivity index (χ1n) is 7.73. The number of rotatable bonds is 7. The monoisotopic (exact) mass is 403 g/mol. The van der Waals surface area contributed by atoms with Gasteiger partial charge >= 0.3 is 0 Å². The molecular weight excluding hydrogens is 386 g/mol. The van der Waals surface area contributed by atoms with Gasteiger partial charge in [-0.2, -0.15) is 0 Å². The summed E-state index contributed by atoms with van der Waals surface area (Å²) in [5.41, 5.74) is 0.473. The van der Waals surface area contributed by atoms with Crippen LogP contribution in [0.5, 0.6) is 5.75 Å². The van der Waals surface area contributed by atoms with Crippen LogP contribution in [0.4, 0.5) is 5.13 Å². The molecule has 1 heterocycles. The molecular formula is C18H17N3O2S3. The number of nitrogens with one attached hydrogen (secondary N) is 1. The number of anilines is 1. The summed E-state index contributed by atoms with van der Waals surface area (Å²) in [6.07, 6.45) is 1.98. The van der Waals surface area contributed by atoms with Crippen molar-refractivity contribution in [3.8, 4) is 5.75 Å². The average Bonchev–Trinajstić information content (AvgIpc) is 3.13. The number of methoxy groups -OCH3 is 1. The lowest BCUT2D eigenvalue weighted by molar-refractivity contribution is 0.102. The molecule has 0 saturated carbocycles. The predicted molar refractivity (Wildman–Crippen MR) is 109 cm³/mol. The Kier molecular flexibility index (Phi) is 6.54. The first-order valence-corrected chi connectivity index (χ1v) is 10.8. The van der Waals surface area contributed by atoms with Crippen molar-refractivity contribution in [1.29, 1.82) is 0 Å². The van der Waals surface area contributed by atoms with Crippen molar-refractivity contribution in [2.75, 3.05) is 18.7 Å². The van der Waals surface area contributed by atoms with E-state index < -0.39 is 0 Å². The summed E-state index contributed by atoms with van der Waals surface area (Å²) >= 11 is 4.66. The molecule has 26 heavy (non-hydrogen) atoms. The van der Waals surface area contributed by atoms with E-state index >= 15 is 0 Å². The Morgan fingerprint density at radius 2 is 1.96 bits per heavy atom. The maximum atomic E-state index is 12.5. The number of thioether (sulfide) groups is 2. The SMILES string of the molecule is COc1cc(SC)ccc1C(=O)Nc1nnc(CSc2ccccc2)s1. The number of benzene rings is 2. The third kappa shape index (κ3) is 4.78. The molecule has 3 rings (SSSR count). The van der Waals surface area contributed by atoms with Crippen molar-refractivity contribution in [2.24, 2.45) is 0 Å². The summed E-state index contributed by atoms with van der Waals surface area (Å²) < 4.78 is 5.33. The van der Waals surface area contributed by atoms with Crippen LogP contribution in [0.25, 0.3) is 0 Å². The third-order valence-electron chi connectivity index (χ3n) is 3.45. The molecule has 0 saturated heterocycles. The van der Waals surface area contributed by atoms with Gasteiger partial charge in [-0.15, -0.1) is 33.7 Å². The Morgan fingerprint density at radius 3 is 2.69 bits per heavy atom. The Bertz CT molecular complexity index is 884. The van der Waals surface area contributed by atoms with Crippen molar-refractivity contribution in [3.05, 3.63) is 59.1 Å². The Hall–Kier alpha value is -2.03. The number of ether oxygens (including phenoxy) is 1. The molecule has 1 amide bonds. The van der Waals surface area contributed by atoms with Gasteiger partial charge in [0, 0.05) is 9.79 Å². The van der Waals surface area contributed by atoms with E-state index in [9.17, 15) is 4.79 Å². The lowest BCUT2D eigenvalue weighted by Gasteiger charge is -2.09. The molecule has 0 radical (unpaired) electrons. The number of hydrogen-bond donors (Lipinski definition) is 1. The smallest absolute Gasteiger partial charge is 0.261 e. The zero-order chi connectivity index (χ0) is 18.4. The predicted octanol–water partition coefficient (Wildman–Crippen LogP) is 4.81. The van der Waals surface area contributed by atoms with Crippen molar-refractivity contribution in [2.45, 2.75) is 15.5 Å². The molecule has 0 spiro atoms. The molecule has 1 aromatic heterocycles. The summed E-state index contributed by atoms with van der Waals surface area (Å²) in [7, 11) is 1.56. The Labute approximate surface area is 164 Å². The van der Waals surface area contributed by atoms with Gasteiger partial charge < -0.3 is 4.74 Å². The van der Waals surface area contributed by atoms with E-state index in [1.165, 1.54) is 16.2 Å². The number of aromatic nitrogens is 2. The van der Waals surface area contributed by atoms with Crippen LogP contribution in [0.3, 0.4) is 0 Å². The largest absolute Gasteiger partial charge is 0.496 e. The zero-order valence-corrected chi connectivity index (χ0v) is 16.7. The highest BCUT2D eigenvalue weighted by molar-refractivity contribution is 7.98. The van der Waals surface area contributed by atoms with Gasteiger partial charge in [0.25, 0.3) is 5.91 Å². The minimum absolute atomic E-state index is 0.257. The van der Waals surface area contributed by atoms with Crippen LogP contribution in [0.15, 0.2) is 58.3 Å². The van der Waals surface area contributed by atoms with Gasteiger partial charge in [-0.05, 0) is 36.6 Å². The topological polar surface area (TPSA) is 64.1 Å². The lowest BCUT2D eigenvalue weighted by atomic mass is 10.2. The van der Waals surface area contributed by atoms with Gasteiger partial charge in [-0.1, -0.05) is 29.5 Å². The molecule has 0 aliphatic rings. The van der Waals surface area contributed by atoms with Gasteiger partial charge in [-0.3, -0.25) is 10.1 Å². The fourth-order valence-corrected chi connectivity index (χ4v) is 4.24. The van der Waals surface area contributed by atoms with Crippen molar-refractivity contribution in [1.82, 2.24) is 10.2 Å². The molecule has 3 aromatic rings. The molecule has 0 aliphatic carbocycles. The molecule has 0 bridgehead atoms. The maximum Gasteiger partial charge on any atom is 0.261 e. The van der Waals surface area contributed by atoms with Crippen LogP contribution in [0, 0.1) is 0 Å². The summed E-state index contributed by atoms with van der Waals surface area (Å²) in [5, 5.41) is 12.3. The van der Waals surface area contributed by atoms with Gasteiger partial charge in [-0.25, -0.2) is 0 Å². The van der Waals surface area contributed by atoms with Crippen LogP contribution >= 0.6 is 34.9 Å². The van der Waals surface area contributed by atoms with E-state index in [0.29, 0.717) is 22.2 Å². The van der Waals surface area contributed by atoms with E-state index in [1.807, 2.05) is 36.6 Å². The Morgan fingerprint density at radius 1 is 1.15 bits per heavy atom. The van der Waals surface area contributed by atoms with Gasteiger partial charge in [0.1, 0.15) is 10.8 Å². The maximum absolute atomic E-state index is 12.5. The number of carbonyl (C=O) groups is 1. The quantitative estimate of drug-likeness (QED) is 0.571. The first-order chi connectivity index (χ1) is 12.7. The molecule has 2 aromatic carbocycles. The van der Waals surface area contributed by atoms with Gasteiger partial charge in [0.15, 0.2) is 0 Å². The molecule has 0 atom stereocenters. The van der Waals surface area contributed by atoms with E-state index in [-0.39, 0.29) is 5.91 Å². The van der Waals surface area contributed by atoms with Crippen molar-refractivity contribution < 1.29 is 9.53 Å². The summed E-state index contributed by atoms with van der Waals surface area (Å²) in [5.74, 6) is 0.996. The van der Waals surface area contributed by atoms with Crippen LogP contribution in [-0.2, 0) is 5.75 Å². The standard InChI is InChI=1S/C18H17N3O2S3/c1-23-15-10-13(24-2)8-9-14(15)17(22)19-18-21-20-16(26-18)11-25-12-6-4-3-5-7-12/h3-10H,11H2,1-2H3,(H,19,21,22). The second kappa shape index (κ2) is 9.07. The minimum Gasteiger partial charge on any atom is -0.496 e. The van der Waals surface area contributed by atoms with Crippen molar-refractivity contribution >= 4 is 45.9 Å². The Balaban J connectivity index is 1.64. The molecule has 0 unspecified atom stereocenters. The molecule has 5 nitrogen and oxygen atoms in total. The number of carbonyl (C=O) groups excluding carboxylic acids is 1. The van der Waals surface area contributed by atoms with Crippen LogP contribution in [-0.4, -0.2) is 29.5 Å². The second-order valence-corrected chi connectivity index (χ2v) is 8.11. The molecule has 0 aliphatic heterocycles. The summed E-state index contributed by atoms with van der Waals surface area (Å²) in [6, 6.07) is 15.6. The second-order valence-electron chi connectivity index (χ2n) is 5.12. The molecule has 1 N–H and O–H groups in total. The number of amides is 1. The highest BCUT2D eigenvalue weighted by atomic mass is 32.2. The van der Waals surface area contributed by atoms with E-state index in [1.54, 1.807) is 36.7 Å². The normalized spacial score (nSPS) is 10.5. The highest BCUT2D eigenvalue weighted by Gasteiger charge is 2.15. The first kappa shape index (κ1) is 18.8. The zero-order valence-electron chi connectivity index (χ0n) is 14.3. The van der Waals surface area contributed by atoms with E-state index in [2.05, 4.69) is 27.6 Å². The van der Waals surface area contributed by atoms with Gasteiger partial charge in [0.05, 0.1) is 18.4 Å². The number of hydrogen-bond acceptors (Lipinski definition) is 7. The lowest BCUT2D eigenvalue weighted by Crippen LogP contribution is -2.13. The fourth-order valence-electron chi connectivity index (χ4n) is 2.17. The molecule has 0 fully saturated rings. The van der Waals surface area contributed by atoms with Crippen LogP contribution in [0.2, 0.25) is 0 Å². The third-order valence-corrected chi connectivity index (χ3v) is 6.22. The minimum atomic E-state index is -0.257. The molecule has 8 heteroatoms. The average molecular weight is 404 g/mol.